The van der Waals surface area contributed by atoms with E-state index in [1.165, 1.54) is 0 Å². The predicted molar refractivity (Wildman–Crippen MR) is 65.4 cm³/mol. The predicted octanol–water partition coefficient (Wildman–Crippen LogP) is -0.377. The van der Waals surface area contributed by atoms with Gasteiger partial charge in [-0.2, -0.15) is 8.42 Å². The summed E-state index contributed by atoms with van der Waals surface area (Å²) < 4.78 is 29.2. The minimum atomic E-state index is -4.24. The molecule has 0 radical (unpaired) electrons. The normalized spacial score (nSPS) is 33.1. The topological polar surface area (TPSA) is 87.1 Å². The van der Waals surface area contributed by atoms with Crippen LogP contribution in [0.5, 0.6) is 0 Å². The highest BCUT2D eigenvalue weighted by molar-refractivity contribution is 7.84. The fourth-order valence-corrected chi connectivity index (χ4v) is 4.38. The van der Waals surface area contributed by atoms with Gasteiger partial charge in [0.05, 0.1) is 6.04 Å². The highest BCUT2D eigenvalue weighted by Crippen LogP contribution is 2.46. The smallest absolute Gasteiger partial charge is 0.342 e. The second kappa shape index (κ2) is 3.91. The van der Waals surface area contributed by atoms with Crippen LogP contribution in [0.25, 0.3) is 0 Å². The summed E-state index contributed by atoms with van der Waals surface area (Å²) in [5.41, 5.74) is 1.76. The van der Waals surface area contributed by atoms with Gasteiger partial charge in [-0.15, -0.1) is 10.7 Å². The summed E-state index contributed by atoms with van der Waals surface area (Å²) in [6.07, 6.45) is 10.4. The van der Waals surface area contributed by atoms with Crippen molar-refractivity contribution in [1.29, 1.82) is 0 Å². The van der Waals surface area contributed by atoms with Crippen molar-refractivity contribution in [2.75, 3.05) is 0 Å². The Labute approximate surface area is 111 Å². The third-order valence-electron chi connectivity index (χ3n) is 3.62. The molecule has 2 aliphatic carbocycles. The van der Waals surface area contributed by atoms with Crippen LogP contribution in [-0.4, -0.2) is 41.0 Å². The van der Waals surface area contributed by atoms with Gasteiger partial charge in [-0.25, -0.2) is 0 Å². The van der Waals surface area contributed by atoms with Crippen LogP contribution in [-0.2, 0) is 14.5 Å². The maximum Gasteiger partial charge on any atom is 0.344 e. The van der Waals surface area contributed by atoms with Crippen LogP contribution in [0, 0.1) is 12.3 Å². The number of terminal acetylenes is 1. The van der Waals surface area contributed by atoms with Gasteiger partial charge < -0.3 is 10.2 Å². The van der Waals surface area contributed by atoms with Crippen molar-refractivity contribution in [2.45, 2.75) is 37.3 Å². The molecular weight excluding hydrogens is 270 g/mol. The first kappa shape index (κ1) is 12.8. The van der Waals surface area contributed by atoms with E-state index in [4.69, 9.17) is 10.6 Å². The van der Waals surface area contributed by atoms with Gasteiger partial charge >= 0.3 is 16.2 Å². The van der Waals surface area contributed by atoms with Crippen LogP contribution in [0.15, 0.2) is 23.3 Å². The first-order valence-corrected chi connectivity index (χ1v) is 7.28. The number of rotatable bonds is 1. The van der Waals surface area contributed by atoms with Gasteiger partial charge in [0.25, 0.3) is 0 Å². The highest BCUT2D eigenvalue weighted by Gasteiger charge is 2.59. The summed E-state index contributed by atoms with van der Waals surface area (Å²) in [5.74, 6) is -1.20. The summed E-state index contributed by atoms with van der Waals surface area (Å²) in [6.45, 7) is 0. The van der Waals surface area contributed by atoms with Crippen LogP contribution >= 0.6 is 0 Å². The van der Waals surface area contributed by atoms with E-state index >= 15 is 0 Å². The molecule has 2 fully saturated rings. The second-order valence-corrected chi connectivity index (χ2v) is 6.22. The van der Waals surface area contributed by atoms with Crippen LogP contribution in [0.2, 0.25) is 0 Å². The Hall–Kier alpha value is -1.17. The number of hydrogen-bond donors (Lipinski definition) is 2. The lowest BCUT2D eigenvalue weighted by atomic mass is 9.98. The summed E-state index contributed by atoms with van der Waals surface area (Å²) in [7, 11) is -4.24. The standard InChI is InChI=1S/C12H13NO5S/c1-2-12(14,15)13-11-9-6-4-3-5-8(9)7-10(11)18-19(13,16)17/h1,5-6,10-11,14-15H,3-4,7H2/t10-,11+/m1/s1. The molecule has 1 saturated heterocycles. The third kappa shape index (κ3) is 1.76. The van der Waals surface area contributed by atoms with Crippen molar-refractivity contribution in [1.82, 2.24) is 4.31 Å². The largest absolute Gasteiger partial charge is 0.344 e. The molecule has 19 heavy (non-hydrogen) atoms. The second-order valence-electron chi connectivity index (χ2n) is 4.78. The van der Waals surface area contributed by atoms with E-state index in [1.807, 2.05) is 12.2 Å². The molecule has 2 atom stereocenters. The number of nitrogens with zero attached hydrogens (tertiary/aromatic N) is 1. The zero-order chi connectivity index (χ0) is 13.8. The van der Waals surface area contributed by atoms with Gasteiger partial charge in [0.1, 0.15) is 6.10 Å². The molecule has 0 aromatic heterocycles. The zero-order valence-electron chi connectivity index (χ0n) is 9.98. The average molecular weight is 283 g/mol. The molecule has 3 aliphatic rings. The fourth-order valence-electron chi connectivity index (χ4n) is 2.90. The quantitative estimate of drug-likeness (QED) is 0.506. The van der Waals surface area contributed by atoms with E-state index < -0.39 is 28.4 Å². The Morgan fingerprint density at radius 1 is 1.42 bits per heavy atom. The van der Waals surface area contributed by atoms with Gasteiger partial charge in [0.2, 0.25) is 0 Å². The van der Waals surface area contributed by atoms with E-state index in [-0.39, 0.29) is 0 Å². The first-order chi connectivity index (χ1) is 8.87. The molecule has 0 aromatic rings. The lowest BCUT2D eigenvalue weighted by Gasteiger charge is -2.29. The Morgan fingerprint density at radius 2 is 2.11 bits per heavy atom. The van der Waals surface area contributed by atoms with E-state index in [9.17, 15) is 18.6 Å². The van der Waals surface area contributed by atoms with Crippen LogP contribution in [0.3, 0.4) is 0 Å². The molecule has 1 aliphatic heterocycles. The molecule has 1 saturated carbocycles. The lowest BCUT2D eigenvalue weighted by Crippen LogP contribution is -2.53. The lowest BCUT2D eigenvalue weighted by molar-refractivity contribution is -0.189. The number of fused-ring (bicyclic) bond motifs is 3. The van der Waals surface area contributed by atoms with Crippen molar-refractivity contribution in [3.8, 4) is 12.3 Å². The van der Waals surface area contributed by atoms with E-state index in [0.29, 0.717) is 10.7 Å². The molecule has 2 N–H and O–H groups in total. The Balaban J connectivity index is 2.10. The van der Waals surface area contributed by atoms with Crippen LogP contribution in [0.1, 0.15) is 19.3 Å². The van der Waals surface area contributed by atoms with E-state index in [2.05, 4.69) is 0 Å². The monoisotopic (exact) mass is 283 g/mol. The molecule has 102 valence electrons. The van der Waals surface area contributed by atoms with E-state index in [1.54, 1.807) is 5.92 Å². The van der Waals surface area contributed by atoms with Gasteiger partial charge in [-0.05, 0) is 29.9 Å². The molecule has 0 aromatic carbocycles. The highest BCUT2D eigenvalue weighted by atomic mass is 32.2. The Morgan fingerprint density at radius 3 is 2.79 bits per heavy atom. The molecule has 7 heteroatoms. The number of hydrogen-bond acceptors (Lipinski definition) is 5. The number of aliphatic hydroxyl groups is 2. The van der Waals surface area contributed by atoms with Crippen molar-refractivity contribution >= 4 is 10.3 Å². The van der Waals surface area contributed by atoms with Gasteiger partial charge in [-0.1, -0.05) is 12.2 Å². The minimum absolute atomic E-state index is 0.437. The van der Waals surface area contributed by atoms with Crippen LogP contribution in [0.4, 0.5) is 0 Å². The molecular formula is C12H13NO5S. The number of allylic oxidation sites excluding steroid dienone is 2. The third-order valence-corrected chi connectivity index (χ3v) is 5.08. The molecule has 0 bridgehead atoms. The maximum absolute atomic E-state index is 11.9. The average Bonchev–Trinajstić information content (AvgIpc) is 2.79. The molecule has 0 spiro atoms. The van der Waals surface area contributed by atoms with Gasteiger partial charge in [0, 0.05) is 6.42 Å². The molecule has 3 rings (SSSR count). The fraction of sp³-hybridized carbons (Fsp3) is 0.500. The molecule has 6 nitrogen and oxygen atoms in total. The van der Waals surface area contributed by atoms with E-state index in [0.717, 1.165) is 24.0 Å². The first-order valence-electron chi connectivity index (χ1n) is 5.91. The molecule has 0 amide bonds. The maximum atomic E-state index is 11.9. The van der Waals surface area contributed by atoms with Crippen molar-refractivity contribution in [3.63, 3.8) is 0 Å². The van der Waals surface area contributed by atoms with Crippen molar-refractivity contribution in [2.24, 2.45) is 0 Å². The van der Waals surface area contributed by atoms with Crippen molar-refractivity contribution in [3.05, 3.63) is 23.3 Å². The van der Waals surface area contributed by atoms with Crippen LogP contribution < -0.4 is 0 Å². The Kier molecular flexibility index (Phi) is 2.64. The Bertz CT molecular complexity index is 625. The summed E-state index contributed by atoms with van der Waals surface area (Å²) in [6, 6.07) is -0.761. The van der Waals surface area contributed by atoms with Crippen molar-refractivity contribution < 1.29 is 22.8 Å². The zero-order valence-corrected chi connectivity index (χ0v) is 10.8. The van der Waals surface area contributed by atoms with Gasteiger partial charge in [0.15, 0.2) is 0 Å². The summed E-state index contributed by atoms with van der Waals surface area (Å²) in [4.78, 5) is 0. The molecule has 1 heterocycles. The summed E-state index contributed by atoms with van der Waals surface area (Å²) in [5, 5.41) is 19.5. The summed E-state index contributed by atoms with van der Waals surface area (Å²) >= 11 is 0. The SMILES string of the molecule is C#CC(O)(O)N1[C@H]2C3=CCCC=C3C[C@H]2OS1(=O)=O. The molecule has 0 unspecified atom stereocenters. The van der Waals surface area contributed by atoms with Gasteiger partial charge in [-0.3, -0.25) is 4.18 Å². The minimum Gasteiger partial charge on any atom is -0.342 e.